The lowest BCUT2D eigenvalue weighted by atomic mass is 10.00. The molecule has 6 nitrogen and oxygen atoms in total. The molecule has 0 saturated heterocycles. The highest BCUT2D eigenvalue weighted by Crippen LogP contribution is 2.24. The van der Waals surface area contributed by atoms with E-state index in [2.05, 4.69) is 10.5 Å². The first kappa shape index (κ1) is 25.9. The van der Waals surface area contributed by atoms with Crippen molar-refractivity contribution < 1.29 is 13.2 Å². The predicted octanol–water partition coefficient (Wildman–Crippen LogP) is 5.97. The van der Waals surface area contributed by atoms with Crippen molar-refractivity contribution in [2.24, 2.45) is 5.10 Å². The molecular formula is C27H37N3O3S. The third kappa shape index (κ3) is 7.97. The molecule has 0 aliphatic heterocycles. The molecule has 0 unspecified atom stereocenters. The summed E-state index contributed by atoms with van der Waals surface area (Å²) in [6, 6.07) is 15.4. The molecule has 3 rings (SSSR count). The fraction of sp³-hybridized carbons (Fsp3) is 0.481. The lowest BCUT2D eigenvalue weighted by Gasteiger charge is -2.24. The third-order valence-corrected chi connectivity index (χ3v) is 7.97. The number of carbonyl (C=O) groups is 1. The molecule has 0 heterocycles. The normalized spacial score (nSPS) is 16.1. The van der Waals surface area contributed by atoms with E-state index in [1.54, 1.807) is 48.5 Å². The zero-order chi connectivity index (χ0) is 24.2. The summed E-state index contributed by atoms with van der Waals surface area (Å²) in [4.78, 5) is 13.0. The summed E-state index contributed by atoms with van der Waals surface area (Å²) in [5.74, 6) is -0.445. The number of carbonyl (C=O) groups excluding carboxylic acids is 1. The van der Waals surface area contributed by atoms with Crippen molar-refractivity contribution in [1.82, 2.24) is 5.43 Å². The average molecular weight is 484 g/mol. The molecule has 0 atom stereocenters. The van der Waals surface area contributed by atoms with Gasteiger partial charge in [-0.2, -0.15) is 5.10 Å². The molecule has 2 aromatic rings. The van der Waals surface area contributed by atoms with Gasteiger partial charge in [-0.15, -0.1) is 0 Å². The minimum atomic E-state index is -3.91. The second-order valence-corrected chi connectivity index (χ2v) is 10.9. The van der Waals surface area contributed by atoms with E-state index in [1.807, 2.05) is 13.0 Å². The Bertz CT molecular complexity index is 1040. The van der Waals surface area contributed by atoms with Gasteiger partial charge in [-0.1, -0.05) is 75.3 Å². The highest BCUT2D eigenvalue weighted by molar-refractivity contribution is 7.92. The molecule has 1 aliphatic rings. The molecule has 0 aromatic heterocycles. The molecule has 2 aromatic carbocycles. The molecule has 0 spiro atoms. The van der Waals surface area contributed by atoms with Crippen molar-refractivity contribution in [3.63, 3.8) is 0 Å². The summed E-state index contributed by atoms with van der Waals surface area (Å²) in [5.41, 5.74) is 5.02. The topological polar surface area (TPSA) is 78.8 Å². The summed E-state index contributed by atoms with van der Waals surface area (Å²) < 4.78 is 28.0. The second-order valence-electron chi connectivity index (χ2n) is 9.06. The Morgan fingerprint density at radius 1 is 0.853 bits per heavy atom. The van der Waals surface area contributed by atoms with Gasteiger partial charge < -0.3 is 0 Å². The number of benzene rings is 2. The maximum atomic E-state index is 13.4. The largest absolute Gasteiger partial charge is 0.271 e. The first-order chi connectivity index (χ1) is 16.5. The molecule has 1 aliphatic carbocycles. The van der Waals surface area contributed by atoms with Gasteiger partial charge in [0, 0.05) is 5.71 Å². The number of rotatable bonds is 6. The van der Waals surface area contributed by atoms with Crippen LogP contribution in [0.25, 0.3) is 0 Å². The second kappa shape index (κ2) is 13.3. The molecule has 7 heteroatoms. The minimum absolute atomic E-state index is 0.148. The zero-order valence-corrected chi connectivity index (χ0v) is 21.0. The highest BCUT2D eigenvalue weighted by Gasteiger charge is 2.27. The monoisotopic (exact) mass is 483 g/mol. The predicted molar refractivity (Wildman–Crippen MR) is 139 cm³/mol. The summed E-state index contributed by atoms with van der Waals surface area (Å²) >= 11 is 0. The van der Waals surface area contributed by atoms with Gasteiger partial charge in [0.2, 0.25) is 0 Å². The number of amides is 1. The van der Waals surface area contributed by atoms with Crippen LogP contribution in [0.5, 0.6) is 0 Å². The van der Waals surface area contributed by atoms with Crippen LogP contribution in [0.15, 0.2) is 64.6 Å². The van der Waals surface area contributed by atoms with Crippen LogP contribution in [-0.2, 0) is 14.8 Å². The Morgan fingerprint density at radius 2 is 1.44 bits per heavy atom. The summed E-state index contributed by atoms with van der Waals surface area (Å²) in [5, 5.41) is 4.43. The van der Waals surface area contributed by atoms with Crippen LogP contribution in [-0.4, -0.2) is 26.6 Å². The van der Waals surface area contributed by atoms with E-state index in [-0.39, 0.29) is 11.4 Å². The fourth-order valence-electron chi connectivity index (χ4n) is 4.26. The van der Waals surface area contributed by atoms with Gasteiger partial charge in [0.15, 0.2) is 0 Å². The third-order valence-electron chi connectivity index (χ3n) is 6.18. The van der Waals surface area contributed by atoms with Gasteiger partial charge in [-0.25, -0.2) is 13.8 Å². The van der Waals surface area contributed by atoms with E-state index >= 15 is 0 Å². The Balaban J connectivity index is 1.74. The van der Waals surface area contributed by atoms with Gasteiger partial charge in [0.1, 0.15) is 6.54 Å². The number of hydrogen-bond acceptors (Lipinski definition) is 4. The summed E-state index contributed by atoms with van der Waals surface area (Å²) in [7, 11) is -3.91. The first-order valence-corrected chi connectivity index (χ1v) is 13.9. The number of hydrazone groups is 1. The SMILES string of the molecule is Cc1cccc(N(CC(=O)NN=C2CCCCCCCCCCC2)S(=O)(=O)c2ccccc2)c1. The van der Waals surface area contributed by atoms with Crippen molar-refractivity contribution in [2.75, 3.05) is 10.8 Å². The van der Waals surface area contributed by atoms with Gasteiger partial charge in [0.05, 0.1) is 10.6 Å². The first-order valence-electron chi connectivity index (χ1n) is 12.5. The molecule has 34 heavy (non-hydrogen) atoms. The zero-order valence-electron chi connectivity index (χ0n) is 20.2. The highest BCUT2D eigenvalue weighted by atomic mass is 32.2. The molecule has 1 amide bonds. The van der Waals surface area contributed by atoms with Crippen molar-refractivity contribution in [3.05, 3.63) is 60.2 Å². The quantitative estimate of drug-likeness (QED) is 0.514. The maximum absolute atomic E-state index is 13.4. The maximum Gasteiger partial charge on any atom is 0.264 e. The van der Waals surface area contributed by atoms with E-state index in [1.165, 1.54) is 44.9 Å². The lowest BCUT2D eigenvalue weighted by Crippen LogP contribution is -2.39. The molecular weight excluding hydrogens is 446 g/mol. The van der Waals surface area contributed by atoms with Crippen LogP contribution < -0.4 is 9.73 Å². The lowest BCUT2D eigenvalue weighted by molar-refractivity contribution is -0.119. The van der Waals surface area contributed by atoms with E-state index < -0.39 is 15.9 Å². The molecule has 0 bridgehead atoms. The fourth-order valence-corrected chi connectivity index (χ4v) is 5.69. The van der Waals surface area contributed by atoms with E-state index in [0.29, 0.717) is 5.69 Å². The summed E-state index contributed by atoms with van der Waals surface area (Å²) in [6.07, 6.45) is 12.7. The van der Waals surface area contributed by atoms with Gasteiger partial charge >= 0.3 is 0 Å². The number of nitrogens with one attached hydrogen (secondary N) is 1. The van der Waals surface area contributed by atoms with E-state index in [9.17, 15) is 13.2 Å². The van der Waals surface area contributed by atoms with E-state index in [4.69, 9.17) is 0 Å². The van der Waals surface area contributed by atoms with Crippen LogP contribution in [0.4, 0.5) is 5.69 Å². The Kier molecular flexibility index (Phi) is 10.1. The number of anilines is 1. The molecule has 1 N–H and O–H groups in total. The number of hydrogen-bond donors (Lipinski definition) is 1. The van der Waals surface area contributed by atoms with Crippen molar-refractivity contribution in [2.45, 2.75) is 82.4 Å². The van der Waals surface area contributed by atoms with Crippen LogP contribution in [0, 0.1) is 6.92 Å². The van der Waals surface area contributed by atoms with Crippen LogP contribution in [0.3, 0.4) is 0 Å². The Hall–Kier alpha value is -2.67. The van der Waals surface area contributed by atoms with Crippen LogP contribution >= 0.6 is 0 Å². The minimum Gasteiger partial charge on any atom is -0.271 e. The number of nitrogens with zero attached hydrogens (tertiary/aromatic N) is 2. The van der Waals surface area contributed by atoms with Crippen molar-refractivity contribution in [3.8, 4) is 0 Å². The van der Waals surface area contributed by atoms with Crippen LogP contribution in [0.1, 0.15) is 76.2 Å². The van der Waals surface area contributed by atoms with Crippen LogP contribution in [0.2, 0.25) is 0 Å². The number of aryl methyl sites for hydroxylation is 1. The number of sulfonamides is 1. The molecule has 1 fully saturated rings. The van der Waals surface area contributed by atoms with Gasteiger partial charge in [-0.3, -0.25) is 9.10 Å². The van der Waals surface area contributed by atoms with Gasteiger partial charge in [-0.05, 0) is 62.4 Å². The van der Waals surface area contributed by atoms with Crippen molar-refractivity contribution in [1.29, 1.82) is 0 Å². The average Bonchev–Trinajstić information content (AvgIpc) is 2.82. The standard InChI is InChI=1S/C27H37N3O3S/c1-23-15-14-18-25(21-23)30(34(32,33)26-19-12-9-13-20-26)22-27(31)29-28-24-16-10-7-5-3-2-4-6-8-11-17-24/h9,12-15,18-21H,2-8,10-11,16-17,22H2,1H3,(H,29,31). The smallest absolute Gasteiger partial charge is 0.264 e. The van der Waals surface area contributed by atoms with E-state index in [0.717, 1.165) is 41.3 Å². The molecule has 1 saturated carbocycles. The molecule has 0 radical (unpaired) electrons. The Morgan fingerprint density at radius 3 is 2.03 bits per heavy atom. The van der Waals surface area contributed by atoms with Gasteiger partial charge in [0.25, 0.3) is 15.9 Å². The van der Waals surface area contributed by atoms with Crippen molar-refractivity contribution >= 4 is 27.3 Å². The Labute approximate surface area is 204 Å². The summed E-state index contributed by atoms with van der Waals surface area (Å²) in [6.45, 7) is 1.56. The molecule has 184 valence electrons.